The van der Waals surface area contributed by atoms with Crippen LogP contribution < -0.4 is 20.1 Å². The summed E-state index contributed by atoms with van der Waals surface area (Å²) in [5, 5.41) is 1.79. The maximum atomic E-state index is 6.89. The average molecular weight is 428 g/mol. The lowest BCUT2D eigenvalue weighted by Gasteiger charge is -2.16. The van der Waals surface area contributed by atoms with E-state index in [0.717, 1.165) is 47.8 Å². The van der Waals surface area contributed by atoms with Crippen molar-refractivity contribution in [2.45, 2.75) is 52.4 Å². The van der Waals surface area contributed by atoms with Gasteiger partial charge in [0.25, 0.3) is 5.97 Å². The Hall–Kier alpha value is -0.950. The van der Waals surface area contributed by atoms with Crippen molar-refractivity contribution in [1.82, 2.24) is 0 Å². The fraction of sp³-hybridized carbons (Fsp3) is 0.455. The summed E-state index contributed by atoms with van der Waals surface area (Å²) in [6, 6.07) is 15.7. The molecule has 0 atom stereocenters. The quantitative estimate of drug-likeness (QED) is 0.265. The Morgan fingerprint density at radius 1 is 0.778 bits per heavy atom. The van der Waals surface area contributed by atoms with Crippen LogP contribution in [0.4, 0.5) is 0 Å². The minimum absolute atomic E-state index is 0.655. The molecule has 27 heavy (non-hydrogen) atoms. The molecule has 2 aromatic carbocycles. The largest absolute Gasteiger partial charge is 0.493 e. The summed E-state index contributed by atoms with van der Waals surface area (Å²) in [5.41, 5.74) is 0. The van der Waals surface area contributed by atoms with Gasteiger partial charge in [-0.05, 0) is 37.1 Å². The standard InChI is InChI=1S/C22H30Cl2O2P/c1-3-5-10-16-25-19-14-15-22(21(18-19)26-17-11-6-4-2)27(23,24)20-12-8-7-9-13-20/h7-9,12-15,18H,3-6,10-11,16-17H2,1-2H3/q+1. The molecule has 0 aromatic heterocycles. The monoisotopic (exact) mass is 427 g/mol. The van der Waals surface area contributed by atoms with E-state index in [1.165, 1.54) is 12.8 Å². The number of unbranched alkanes of at least 4 members (excludes halogenated alkanes) is 4. The molecule has 0 amide bonds. The maximum Gasteiger partial charge on any atom is 0.279 e. The number of ether oxygens (including phenoxy) is 2. The SMILES string of the molecule is CCCCCOc1ccc([P+](Cl)(Cl)c2ccccc2)c(OCCCCC)c1. The number of benzene rings is 2. The molecule has 0 fully saturated rings. The molecule has 148 valence electrons. The van der Waals surface area contributed by atoms with Crippen molar-refractivity contribution in [3.63, 3.8) is 0 Å². The van der Waals surface area contributed by atoms with Gasteiger partial charge >= 0.3 is 0 Å². The molecule has 0 aliphatic carbocycles. The predicted molar refractivity (Wildman–Crippen MR) is 121 cm³/mol. The van der Waals surface area contributed by atoms with Gasteiger partial charge in [-0.1, -0.05) is 57.7 Å². The zero-order valence-electron chi connectivity index (χ0n) is 16.3. The molecule has 0 saturated carbocycles. The van der Waals surface area contributed by atoms with Gasteiger partial charge in [0.2, 0.25) is 0 Å². The van der Waals surface area contributed by atoms with Crippen LogP contribution in [-0.4, -0.2) is 13.2 Å². The average Bonchev–Trinajstić information content (AvgIpc) is 2.69. The summed E-state index contributed by atoms with van der Waals surface area (Å²) in [4.78, 5) is 0. The van der Waals surface area contributed by atoms with Gasteiger partial charge in [0, 0.05) is 6.07 Å². The van der Waals surface area contributed by atoms with E-state index in [1.807, 2.05) is 48.5 Å². The predicted octanol–water partition coefficient (Wildman–Crippen LogP) is 7.10. The van der Waals surface area contributed by atoms with Crippen LogP contribution in [0.25, 0.3) is 0 Å². The molecule has 0 spiro atoms. The van der Waals surface area contributed by atoms with E-state index >= 15 is 0 Å². The number of hydrogen-bond donors (Lipinski definition) is 0. The first-order valence-electron chi connectivity index (χ1n) is 9.83. The molecule has 5 heteroatoms. The second-order valence-corrected chi connectivity index (χ2v) is 12.2. The highest BCUT2D eigenvalue weighted by atomic mass is 35.9. The van der Waals surface area contributed by atoms with Gasteiger partial charge in [0.1, 0.15) is 33.5 Å². The van der Waals surface area contributed by atoms with Crippen molar-refractivity contribution < 1.29 is 9.47 Å². The van der Waals surface area contributed by atoms with Crippen molar-refractivity contribution in [3.8, 4) is 11.5 Å². The van der Waals surface area contributed by atoms with Gasteiger partial charge < -0.3 is 9.47 Å². The Morgan fingerprint density at radius 3 is 2.04 bits per heavy atom. The summed E-state index contributed by atoms with van der Waals surface area (Å²) in [5.74, 6) is -0.988. The fourth-order valence-corrected chi connectivity index (χ4v) is 5.77. The topological polar surface area (TPSA) is 18.5 Å². The van der Waals surface area contributed by atoms with Gasteiger partial charge in [-0.15, -0.1) is 0 Å². The molecule has 2 nitrogen and oxygen atoms in total. The first kappa shape index (κ1) is 22.3. The van der Waals surface area contributed by atoms with Crippen LogP contribution in [0, 0.1) is 0 Å². The van der Waals surface area contributed by atoms with E-state index < -0.39 is 5.97 Å². The second kappa shape index (κ2) is 11.8. The number of rotatable bonds is 12. The summed E-state index contributed by atoms with van der Waals surface area (Å²) in [6.45, 7) is 5.73. The number of halogens is 2. The van der Waals surface area contributed by atoms with Crippen LogP contribution in [0.1, 0.15) is 52.4 Å². The Bertz CT molecular complexity index is 677. The minimum atomic E-state index is -2.53. The summed E-state index contributed by atoms with van der Waals surface area (Å²) in [6.07, 6.45) is 6.71. The molecule has 2 aromatic rings. The fourth-order valence-electron chi connectivity index (χ4n) is 2.76. The molecule has 0 heterocycles. The second-order valence-electron chi connectivity index (χ2n) is 6.59. The van der Waals surface area contributed by atoms with Gasteiger partial charge in [0.15, 0.2) is 11.1 Å². The van der Waals surface area contributed by atoms with E-state index in [4.69, 9.17) is 32.0 Å². The Kier molecular flexibility index (Phi) is 9.76. The molecule has 0 unspecified atom stereocenters. The van der Waals surface area contributed by atoms with Crippen LogP contribution >= 0.6 is 28.4 Å². The highest BCUT2D eigenvalue weighted by molar-refractivity contribution is 8.26. The van der Waals surface area contributed by atoms with Crippen LogP contribution in [0.15, 0.2) is 48.5 Å². The van der Waals surface area contributed by atoms with Crippen molar-refractivity contribution in [3.05, 3.63) is 48.5 Å². The van der Waals surface area contributed by atoms with Crippen LogP contribution in [0.3, 0.4) is 0 Å². The lowest BCUT2D eigenvalue weighted by Crippen LogP contribution is -2.17. The third-order valence-corrected chi connectivity index (χ3v) is 8.52. The Balaban J connectivity index is 2.22. The zero-order chi connectivity index (χ0) is 19.5. The third-order valence-electron chi connectivity index (χ3n) is 4.34. The molecule has 2 rings (SSSR count). The molecule has 0 aliphatic heterocycles. The first-order valence-corrected chi connectivity index (χ1v) is 13.4. The summed E-state index contributed by atoms with van der Waals surface area (Å²) in [7, 11) is 0. The minimum Gasteiger partial charge on any atom is -0.493 e. The molecular formula is C22H30Cl2O2P+. The number of hydrogen-bond acceptors (Lipinski definition) is 2. The summed E-state index contributed by atoms with van der Waals surface area (Å²) >= 11 is 13.8. The smallest absolute Gasteiger partial charge is 0.279 e. The molecule has 0 radical (unpaired) electrons. The lowest BCUT2D eigenvalue weighted by molar-refractivity contribution is 0.293. The normalized spacial score (nSPS) is 11.4. The van der Waals surface area contributed by atoms with E-state index in [9.17, 15) is 0 Å². The molecule has 0 bridgehead atoms. The van der Waals surface area contributed by atoms with Crippen LogP contribution in [0.2, 0.25) is 0 Å². The van der Waals surface area contributed by atoms with E-state index in [-0.39, 0.29) is 0 Å². The van der Waals surface area contributed by atoms with Crippen molar-refractivity contribution >= 4 is 39.1 Å². The molecule has 0 N–H and O–H groups in total. The Labute approximate surface area is 174 Å². The van der Waals surface area contributed by atoms with Crippen molar-refractivity contribution in [2.24, 2.45) is 0 Å². The lowest BCUT2D eigenvalue weighted by atomic mass is 10.2. The van der Waals surface area contributed by atoms with E-state index in [1.54, 1.807) is 0 Å². The van der Waals surface area contributed by atoms with Crippen molar-refractivity contribution in [2.75, 3.05) is 13.2 Å². The van der Waals surface area contributed by atoms with Gasteiger partial charge in [-0.25, -0.2) is 0 Å². The molecule has 0 aliphatic rings. The third kappa shape index (κ3) is 6.86. The highest BCUT2D eigenvalue weighted by Gasteiger charge is 2.44. The van der Waals surface area contributed by atoms with E-state index in [2.05, 4.69) is 13.8 Å². The Morgan fingerprint density at radius 2 is 1.41 bits per heavy atom. The van der Waals surface area contributed by atoms with Crippen LogP contribution in [-0.2, 0) is 0 Å². The first-order chi connectivity index (χ1) is 13.1. The van der Waals surface area contributed by atoms with Crippen LogP contribution in [0.5, 0.6) is 11.5 Å². The van der Waals surface area contributed by atoms with Gasteiger partial charge in [-0.2, -0.15) is 0 Å². The highest BCUT2D eigenvalue weighted by Crippen LogP contribution is 2.68. The van der Waals surface area contributed by atoms with Gasteiger partial charge in [-0.3, -0.25) is 0 Å². The molecule has 0 saturated heterocycles. The van der Waals surface area contributed by atoms with Gasteiger partial charge in [0.05, 0.1) is 13.2 Å². The van der Waals surface area contributed by atoms with Crippen molar-refractivity contribution in [1.29, 1.82) is 0 Å². The molecular weight excluding hydrogens is 398 g/mol. The van der Waals surface area contributed by atoms with E-state index in [0.29, 0.717) is 13.2 Å². The maximum absolute atomic E-state index is 6.89. The zero-order valence-corrected chi connectivity index (χ0v) is 18.7. The summed E-state index contributed by atoms with van der Waals surface area (Å²) < 4.78 is 12.0.